The van der Waals surface area contributed by atoms with E-state index in [1.54, 1.807) is 0 Å². The molecule has 0 spiro atoms. The van der Waals surface area contributed by atoms with E-state index in [0.29, 0.717) is 0 Å². The first-order valence-corrected chi connectivity index (χ1v) is 7.70. The minimum absolute atomic E-state index is 0.839. The van der Waals surface area contributed by atoms with E-state index in [1.165, 1.54) is 58.2 Å². The molecule has 1 aliphatic heterocycles. The van der Waals surface area contributed by atoms with E-state index in [-0.39, 0.29) is 0 Å². The molecule has 1 atom stereocenters. The topological polar surface area (TPSA) is 15.3 Å². The molecule has 1 fully saturated rings. The van der Waals surface area contributed by atoms with Crippen molar-refractivity contribution < 1.29 is 0 Å². The van der Waals surface area contributed by atoms with Crippen LogP contribution in [-0.2, 0) is 0 Å². The highest BCUT2D eigenvalue weighted by Crippen LogP contribution is 2.23. The average molecular weight is 240 g/mol. The van der Waals surface area contributed by atoms with Crippen molar-refractivity contribution in [1.29, 1.82) is 0 Å². The highest BCUT2D eigenvalue weighted by Gasteiger charge is 2.25. The molecule has 0 aliphatic carbocycles. The molecule has 0 saturated carbocycles. The molecule has 17 heavy (non-hydrogen) atoms. The van der Waals surface area contributed by atoms with Gasteiger partial charge in [-0.25, -0.2) is 0 Å². The van der Waals surface area contributed by atoms with E-state index in [1.807, 2.05) is 0 Å². The summed E-state index contributed by atoms with van der Waals surface area (Å²) in [6, 6.07) is 0.872. The Morgan fingerprint density at radius 1 is 1.18 bits per heavy atom. The van der Waals surface area contributed by atoms with Gasteiger partial charge in [0.25, 0.3) is 0 Å². The molecule has 1 heterocycles. The molecule has 0 bridgehead atoms. The summed E-state index contributed by atoms with van der Waals surface area (Å²) in [5.74, 6) is 0.839. The molecule has 1 N–H and O–H groups in total. The maximum Gasteiger partial charge on any atom is 0.0119 e. The second kappa shape index (κ2) is 8.93. The van der Waals surface area contributed by atoms with Crippen LogP contribution in [0.1, 0.15) is 59.3 Å². The first-order chi connectivity index (χ1) is 8.25. The van der Waals surface area contributed by atoms with E-state index >= 15 is 0 Å². The maximum absolute atomic E-state index is 3.39. The Hall–Kier alpha value is -0.0800. The lowest BCUT2D eigenvalue weighted by Gasteiger charge is -2.27. The SMILES string of the molecule is CCNCCCCCCN1CCCC1C(C)C. The van der Waals surface area contributed by atoms with Crippen molar-refractivity contribution in [2.75, 3.05) is 26.2 Å². The van der Waals surface area contributed by atoms with Gasteiger partial charge in [-0.3, -0.25) is 0 Å². The van der Waals surface area contributed by atoms with Crippen molar-refractivity contribution in [2.24, 2.45) is 5.92 Å². The third kappa shape index (κ3) is 5.87. The largest absolute Gasteiger partial charge is 0.317 e. The summed E-state index contributed by atoms with van der Waals surface area (Å²) in [5.41, 5.74) is 0. The van der Waals surface area contributed by atoms with Crippen LogP contribution in [-0.4, -0.2) is 37.1 Å². The first-order valence-electron chi connectivity index (χ1n) is 7.70. The van der Waals surface area contributed by atoms with Gasteiger partial charge in [-0.05, 0) is 57.8 Å². The smallest absolute Gasteiger partial charge is 0.0119 e. The summed E-state index contributed by atoms with van der Waals surface area (Å²) in [5, 5.41) is 3.39. The van der Waals surface area contributed by atoms with Gasteiger partial charge in [-0.1, -0.05) is 33.6 Å². The summed E-state index contributed by atoms with van der Waals surface area (Å²) in [4.78, 5) is 2.73. The average Bonchev–Trinajstić information content (AvgIpc) is 2.76. The van der Waals surface area contributed by atoms with E-state index in [2.05, 4.69) is 31.0 Å². The summed E-state index contributed by atoms with van der Waals surface area (Å²) >= 11 is 0. The monoisotopic (exact) mass is 240 g/mol. The normalized spacial score (nSPS) is 21.5. The molecule has 1 saturated heterocycles. The number of hydrogen-bond acceptors (Lipinski definition) is 2. The zero-order chi connectivity index (χ0) is 12.5. The summed E-state index contributed by atoms with van der Waals surface area (Å²) in [7, 11) is 0. The van der Waals surface area contributed by atoms with E-state index in [9.17, 15) is 0 Å². The molecule has 0 aromatic carbocycles. The van der Waals surface area contributed by atoms with E-state index < -0.39 is 0 Å². The van der Waals surface area contributed by atoms with Crippen molar-refractivity contribution in [2.45, 2.75) is 65.3 Å². The van der Waals surface area contributed by atoms with Crippen LogP contribution < -0.4 is 5.32 Å². The molecule has 0 aromatic heterocycles. The third-order valence-electron chi connectivity index (χ3n) is 3.98. The zero-order valence-corrected chi connectivity index (χ0v) is 12.2. The molecule has 1 unspecified atom stereocenters. The lowest BCUT2D eigenvalue weighted by molar-refractivity contribution is 0.202. The van der Waals surface area contributed by atoms with Crippen molar-refractivity contribution in [1.82, 2.24) is 10.2 Å². The van der Waals surface area contributed by atoms with Crippen LogP contribution in [0.5, 0.6) is 0 Å². The predicted octanol–water partition coefficient (Wildman–Crippen LogP) is 3.28. The number of likely N-dealkylation sites (tertiary alicyclic amines) is 1. The zero-order valence-electron chi connectivity index (χ0n) is 12.2. The van der Waals surface area contributed by atoms with Gasteiger partial charge in [0.05, 0.1) is 0 Å². The number of rotatable bonds is 9. The van der Waals surface area contributed by atoms with Gasteiger partial charge >= 0.3 is 0 Å². The summed E-state index contributed by atoms with van der Waals surface area (Å²) in [6.07, 6.45) is 8.40. The highest BCUT2D eigenvalue weighted by molar-refractivity contribution is 4.81. The van der Waals surface area contributed by atoms with E-state index in [0.717, 1.165) is 18.5 Å². The maximum atomic E-state index is 3.39. The van der Waals surface area contributed by atoms with Crippen LogP contribution in [0.25, 0.3) is 0 Å². The number of unbranched alkanes of at least 4 members (excludes halogenated alkanes) is 3. The third-order valence-corrected chi connectivity index (χ3v) is 3.98. The first kappa shape index (κ1) is 15.0. The molecular formula is C15H32N2. The van der Waals surface area contributed by atoms with Crippen LogP contribution in [0, 0.1) is 5.92 Å². The van der Waals surface area contributed by atoms with Crippen molar-refractivity contribution in [3.8, 4) is 0 Å². The highest BCUT2D eigenvalue weighted by atomic mass is 15.2. The minimum Gasteiger partial charge on any atom is -0.317 e. The minimum atomic E-state index is 0.839. The van der Waals surface area contributed by atoms with Crippen molar-refractivity contribution in [3.63, 3.8) is 0 Å². The molecule has 0 aromatic rings. The van der Waals surface area contributed by atoms with Crippen molar-refractivity contribution in [3.05, 3.63) is 0 Å². The van der Waals surface area contributed by atoms with Gasteiger partial charge in [0.2, 0.25) is 0 Å². The number of nitrogens with zero attached hydrogens (tertiary/aromatic N) is 1. The molecule has 2 nitrogen and oxygen atoms in total. The molecule has 2 heteroatoms. The van der Waals surface area contributed by atoms with Gasteiger partial charge in [0.1, 0.15) is 0 Å². The number of nitrogens with one attached hydrogen (secondary N) is 1. The Kier molecular flexibility index (Phi) is 7.87. The fourth-order valence-electron chi connectivity index (χ4n) is 2.98. The Balaban J connectivity index is 1.98. The van der Waals surface area contributed by atoms with Gasteiger partial charge in [0.15, 0.2) is 0 Å². The van der Waals surface area contributed by atoms with Gasteiger partial charge in [0, 0.05) is 6.04 Å². The Morgan fingerprint density at radius 3 is 2.65 bits per heavy atom. The molecule has 102 valence electrons. The Bertz CT molecular complexity index is 180. The summed E-state index contributed by atoms with van der Waals surface area (Å²) < 4.78 is 0. The Morgan fingerprint density at radius 2 is 1.94 bits per heavy atom. The molecule has 0 radical (unpaired) electrons. The fourth-order valence-corrected chi connectivity index (χ4v) is 2.98. The second-order valence-corrected chi connectivity index (χ2v) is 5.76. The van der Waals surface area contributed by atoms with Crippen LogP contribution in [0.2, 0.25) is 0 Å². The van der Waals surface area contributed by atoms with Gasteiger partial charge < -0.3 is 10.2 Å². The van der Waals surface area contributed by atoms with Gasteiger partial charge in [-0.2, -0.15) is 0 Å². The quantitative estimate of drug-likeness (QED) is 0.622. The standard InChI is InChI=1S/C15H32N2/c1-4-16-11-7-5-6-8-12-17-13-9-10-15(17)14(2)3/h14-16H,4-13H2,1-3H3. The Labute approximate surface area is 108 Å². The van der Waals surface area contributed by atoms with Crippen LogP contribution >= 0.6 is 0 Å². The van der Waals surface area contributed by atoms with Crippen LogP contribution in [0.3, 0.4) is 0 Å². The second-order valence-electron chi connectivity index (χ2n) is 5.76. The van der Waals surface area contributed by atoms with Gasteiger partial charge in [-0.15, -0.1) is 0 Å². The van der Waals surface area contributed by atoms with Crippen LogP contribution in [0.4, 0.5) is 0 Å². The molecule has 1 rings (SSSR count). The van der Waals surface area contributed by atoms with Crippen molar-refractivity contribution >= 4 is 0 Å². The predicted molar refractivity (Wildman–Crippen MR) is 76.4 cm³/mol. The lowest BCUT2D eigenvalue weighted by Crippen LogP contribution is -2.34. The van der Waals surface area contributed by atoms with E-state index in [4.69, 9.17) is 0 Å². The fraction of sp³-hybridized carbons (Fsp3) is 1.00. The molecule has 1 aliphatic rings. The molecular weight excluding hydrogens is 208 g/mol. The number of hydrogen-bond donors (Lipinski definition) is 1. The lowest BCUT2D eigenvalue weighted by atomic mass is 10.0. The van der Waals surface area contributed by atoms with Crippen LogP contribution in [0.15, 0.2) is 0 Å². The summed E-state index contributed by atoms with van der Waals surface area (Å²) in [6.45, 7) is 11.9. The molecule has 0 amide bonds.